The predicted octanol–water partition coefficient (Wildman–Crippen LogP) is 11.0. The SMILES string of the molecule is C=C(c1ccccc1)[C@@H]1C2C=CC=CC2C2C=CC(c3ccc4sc5c(c4c3)CCC=C5C3=CC(Cl)=CCC3)=CC21. The van der Waals surface area contributed by atoms with Crippen molar-refractivity contribution in [3.63, 3.8) is 0 Å². The van der Waals surface area contributed by atoms with Crippen LogP contribution in [0.4, 0.5) is 0 Å². The maximum atomic E-state index is 6.42. The van der Waals surface area contributed by atoms with Gasteiger partial charge >= 0.3 is 0 Å². The molecular weight excluding hydrogens is 536 g/mol. The summed E-state index contributed by atoms with van der Waals surface area (Å²) in [5.41, 5.74) is 9.55. The largest absolute Gasteiger partial charge is 0.135 e. The molecule has 0 bridgehead atoms. The van der Waals surface area contributed by atoms with Crippen LogP contribution in [-0.4, -0.2) is 0 Å². The van der Waals surface area contributed by atoms with Gasteiger partial charge in [0.1, 0.15) is 0 Å². The van der Waals surface area contributed by atoms with Crippen molar-refractivity contribution in [1.82, 2.24) is 0 Å². The van der Waals surface area contributed by atoms with Crippen LogP contribution in [-0.2, 0) is 6.42 Å². The lowest BCUT2D eigenvalue weighted by molar-refractivity contribution is 0.462. The lowest BCUT2D eigenvalue weighted by atomic mass is 9.76. The molecule has 1 aromatic heterocycles. The average molecular weight is 569 g/mol. The van der Waals surface area contributed by atoms with E-state index in [1.54, 1.807) is 0 Å². The first-order valence-corrected chi connectivity index (χ1v) is 16.2. The molecule has 0 nitrogen and oxygen atoms in total. The van der Waals surface area contributed by atoms with Crippen LogP contribution in [0.5, 0.6) is 0 Å². The van der Waals surface area contributed by atoms with E-state index in [9.17, 15) is 0 Å². The van der Waals surface area contributed by atoms with Crippen molar-refractivity contribution in [2.75, 3.05) is 0 Å². The summed E-state index contributed by atoms with van der Waals surface area (Å²) >= 11 is 8.37. The molecule has 0 amide bonds. The minimum Gasteiger partial charge on any atom is -0.135 e. The molecule has 4 unspecified atom stereocenters. The fraction of sp³-hybridized carbons (Fsp3) is 0.231. The van der Waals surface area contributed by atoms with Gasteiger partial charge in [-0.2, -0.15) is 0 Å². The van der Waals surface area contributed by atoms with Gasteiger partial charge in [-0.3, -0.25) is 0 Å². The Morgan fingerprint density at radius 3 is 2.51 bits per heavy atom. The van der Waals surface area contributed by atoms with E-state index >= 15 is 0 Å². The zero-order chi connectivity index (χ0) is 27.5. The van der Waals surface area contributed by atoms with Gasteiger partial charge < -0.3 is 0 Å². The highest BCUT2D eigenvalue weighted by Crippen LogP contribution is 2.56. The Morgan fingerprint density at radius 1 is 0.854 bits per heavy atom. The molecule has 5 atom stereocenters. The van der Waals surface area contributed by atoms with Crippen molar-refractivity contribution < 1.29 is 0 Å². The standard InChI is InChI=1S/C39H33ClS/c1-24(25-9-3-2-4-10-25)38-33-14-6-5-13-31(33)32-19-17-26(23-36(32)38)27-18-20-37-35(22-27)34-16-8-15-30(39(34)41-37)28-11-7-12-29(40)21-28/h2-6,9-10,12-15,17-23,31-33,36,38H,1,7-8,11,16H2/t31?,32?,33?,36?,38-/m1/s1. The molecule has 41 heavy (non-hydrogen) atoms. The molecule has 3 aromatic rings. The molecule has 0 N–H and O–H groups in total. The summed E-state index contributed by atoms with van der Waals surface area (Å²) in [5.74, 6) is 2.34. The molecule has 5 aliphatic rings. The topological polar surface area (TPSA) is 0 Å². The van der Waals surface area contributed by atoms with E-state index in [4.69, 9.17) is 11.6 Å². The molecule has 1 fully saturated rings. The third-order valence-electron chi connectivity index (χ3n) is 9.88. The Kier molecular flexibility index (Phi) is 6.27. The Hall–Kier alpha value is -3.39. The summed E-state index contributed by atoms with van der Waals surface area (Å²) < 4.78 is 1.39. The van der Waals surface area contributed by atoms with Crippen molar-refractivity contribution in [3.05, 3.63) is 148 Å². The molecule has 1 saturated carbocycles. The Bertz CT molecular complexity index is 1780. The van der Waals surface area contributed by atoms with E-state index in [-0.39, 0.29) is 0 Å². The molecule has 1 heterocycles. The van der Waals surface area contributed by atoms with E-state index in [0.29, 0.717) is 29.6 Å². The summed E-state index contributed by atoms with van der Waals surface area (Å²) in [7, 11) is 0. The summed E-state index contributed by atoms with van der Waals surface area (Å²) in [4.78, 5) is 1.45. The van der Waals surface area contributed by atoms with Crippen LogP contribution in [0.25, 0.3) is 26.8 Å². The van der Waals surface area contributed by atoms with Crippen LogP contribution in [0.15, 0.2) is 126 Å². The molecule has 8 rings (SSSR count). The van der Waals surface area contributed by atoms with Gasteiger partial charge in [0.2, 0.25) is 0 Å². The second kappa shape index (κ2) is 10.2. The second-order valence-electron chi connectivity index (χ2n) is 12.1. The molecule has 0 saturated heterocycles. The molecular formula is C39H33ClS. The summed E-state index contributed by atoms with van der Waals surface area (Å²) in [6, 6.07) is 18.0. The smallest absolute Gasteiger partial charge is 0.0387 e. The maximum absolute atomic E-state index is 6.42. The van der Waals surface area contributed by atoms with Crippen molar-refractivity contribution in [1.29, 1.82) is 0 Å². The highest BCUT2D eigenvalue weighted by molar-refractivity contribution is 7.20. The van der Waals surface area contributed by atoms with Gasteiger partial charge in [-0.05, 0) is 118 Å². The normalized spacial score (nSPS) is 27.9. The third-order valence-corrected chi connectivity index (χ3v) is 11.4. The molecule has 0 spiro atoms. The average Bonchev–Trinajstić information content (AvgIpc) is 3.56. The van der Waals surface area contributed by atoms with Crippen molar-refractivity contribution in [2.45, 2.75) is 25.7 Å². The summed E-state index contributed by atoms with van der Waals surface area (Å²) in [6.45, 7) is 4.69. The molecule has 2 heteroatoms. The van der Waals surface area contributed by atoms with Crippen molar-refractivity contribution in [3.8, 4) is 0 Å². The Balaban J connectivity index is 1.17. The monoisotopic (exact) mass is 568 g/mol. The van der Waals surface area contributed by atoms with Crippen LogP contribution in [0.2, 0.25) is 0 Å². The third kappa shape index (κ3) is 4.25. The Labute approximate surface area is 252 Å². The number of halogens is 1. The van der Waals surface area contributed by atoms with Gasteiger partial charge in [0.25, 0.3) is 0 Å². The predicted molar refractivity (Wildman–Crippen MR) is 178 cm³/mol. The molecule has 5 aliphatic carbocycles. The van der Waals surface area contributed by atoms with E-state index < -0.39 is 0 Å². The lowest BCUT2D eigenvalue weighted by Crippen LogP contribution is -2.18. The van der Waals surface area contributed by atoms with E-state index in [1.165, 1.54) is 53.9 Å². The summed E-state index contributed by atoms with van der Waals surface area (Å²) in [6.07, 6.45) is 27.9. The van der Waals surface area contributed by atoms with Crippen LogP contribution >= 0.6 is 22.9 Å². The Morgan fingerprint density at radius 2 is 1.66 bits per heavy atom. The van der Waals surface area contributed by atoms with Gasteiger partial charge in [0.15, 0.2) is 0 Å². The highest BCUT2D eigenvalue weighted by atomic mass is 35.5. The van der Waals surface area contributed by atoms with Crippen LogP contribution in [0, 0.1) is 29.6 Å². The van der Waals surface area contributed by atoms with Crippen LogP contribution in [0.1, 0.15) is 40.8 Å². The molecule has 0 radical (unpaired) electrons. The number of hydrogen-bond acceptors (Lipinski definition) is 1. The van der Waals surface area contributed by atoms with Gasteiger partial charge in [-0.15, -0.1) is 11.3 Å². The first-order chi connectivity index (χ1) is 20.2. The number of thiophene rings is 1. The zero-order valence-corrected chi connectivity index (χ0v) is 24.7. The van der Waals surface area contributed by atoms with Gasteiger partial charge in [0, 0.05) is 14.6 Å². The van der Waals surface area contributed by atoms with Gasteiger partial charge in [0.05, 0.1) is 0 Å². The minimum absolute atomic E-state index is 0.392. The van der Waals surface area contributed by atoms with Crippen LogP contribution in [0.3, 0.4) is 0 Å². The number of benzene rings is 2. The minimum atomic E-state index is 0.392. The number of aryl methyl sites for hydroxylation is 1. The summed E-state index contributed by atoms with van der Waals surface area (Å²) in [5, 5.41) is 2.31. The number of allylic oxidation sites excluding steroid dienone is 15. The fourth-order valence-corrected chi connectivity index (χ4v) is 9.54. The first kappa shape index (κ1) is 25.3. The molecule has 0 aliphatic heterocycles. The maximum Gasteiger partial charge on any atom is 0.0387 e. The second-order valence-corrected chi connectivity index (χ2v) is 13.5. The number of rotatable bonds is 4. The van der Waals surface area contributed by atoms with Crippen molar-refractivity contribution in [2.24, 2.45) is 29.6 Å². The first-order valence-electron chi connectivity index (χ1n) is 15.0. The highest BCUT2D eigenvalue weighted by Gasteiger charge is 2.48. The number of fused-ring (bicyclic) bond motifs is 6. The lowest BCUT2D eigenvalue weighted by Gasteiger charge is -2.28. The van der Waals surface area contributed by atoms with E-state index in [1.807, 2.05) is 11.3 Å². The zero-order valence-electron chi connectivity index (χ0n) is 23.1. The van der Waals surface area contributed by atoms with Crippen molar-refractivity contribution >= 4 is 49.7 Å². The van der Waals surface area contributed by atoms with Crippen LogP contribution < -0.4 is 0 Å². The molecule has 2 aromatic carbocycles. The van der Waals surface area contributed by atoms with E-state index in [2.05, 4.69) is 116 Å². The molecule has 202 valence electrons. The van der Waals surface area contributed by atoms with Gasteiger partial charge in [-0.25, -0.2) is 0 Å². The number of hydrogen-bond donors (Lipinski definition) is 0. The van der Waals surface area contributed by atoms with E-state index in [0.717, 1.165) is 30.7 Å². The van der Waals surface area contributed by atoms with Gasteiger partial charge in [-0.1, -0.05) is 109 Å². The fourth-order valence-electron chi connectivity index (χ4n) is 7.99. The quantitative estimate of drug-likeness (QED) is 0.293.